The third-order valence-electron chi connectivity index (χ3n) is 5.62. The van der Waals surface area contributed by atoms with E-state index in [9.17, 15) is 29.4 Å². The second-order valence-electron chi connectivity index (χ2n) is 9.37. The minimum absolute atomic E-state index is 0.0249. The van der Waals surface area contributed by atoms with Crippen molar-refractivity contribution in [2.24, 2.45) is 5.92 Å². The Kier molecular flexibility index (Phi) is 16.4. The van der Waals surface area contributed by atoms with Crippen LogP contribution in [0.1, 0.15) is 52.5 Å². The highest BCUT2D eigenvalue weighted by Crippen LogP contribution is 2.29. The van der Waals surface area contributed by atoms with Gasteiger partial charge in [-0.2, -0.15) is 0 Å². The molecule has 1 rings (SSSR count). The summed E-state index contributed by atoms with van der Waals surface area (Å²) in [6.45, 7) is 6.38. The van der Waals surface area contributed by atoms with E-state index in [1.807, 2.05) is 0 Å². The largest absolute Gasteiger partial charge is 0.463 e. The van der Waals surface area contributed by atoms with Gasteiger partial charge in [-0.1, -0.05) is 33.8 Å². The molecule has 1 aromatic rings. The van der Waals surface area contributed by atoms with Gasteiger partial charge in [-0.3, -0.25) is 19.2 Å². The van der Waals surface area contributed by atoms with Crippen molar-refractivity contribution in [3.8, 4) is 5.75 Å². The summed E-state index contributed by atoms with van der Waals surface area (Å²) in [6, 6.07) is 3.93. The molecule has 0 aliphatic rings. The molecular formula is C27H44N4O9. The molecule has 0 aliphatic heterocycles. The van der Waals surface area contributed by atoms with Crippen LogP contribution in [0.25, 0.3) is 0 Å². The van der Waals surface area contributed by atoms with E-state index >= 15 is 0 Å². The van der Waals surface area contributed by atoms with E-state index in [0.717, 1.165) is 0 Å². The van der Waals surface area contributed by atoms with Crippen molar-refractivity contribution < 1.29 is 43.6 Å². The van der Waals surface area contributed by atoms with E-state index in [1.54, 1.807) is 52.9 Å². The number of amides is 3. The summed E-state index contributed by atoms with van der Waals surface area (Å²) in [5.74, 6) is -1.84. The normalized spacial score (nSPS) is 13.2. The van der Waals surface area contributed by atoms with Crippen molar-refractivity contribution in [3.05, 3.63) is 23.8 Å². The molecule has 13 nitrogen and oxygen atoms in total. The number of aliphatic hydroxyl groups excluding tert-OH is 2. The van der Waals surface area contributed by atoms with Crippen molar-refractivity contribution in [1.82, 2.24) is 16.0 Å². The van der Waals surface area contributed by atoms with Gasteiger partial charge in [0.15, 0.2) is 0 Å². The number of benzene rings is 1. The lowest BCUT2D eigenvalue weighted by Gasteiger charge is -2.24. The molecule has 0 heterocycles. The first kappa shape index (κ1) is 34.8. The fourth-order valence-electron chi connectivity index (χ4n) is 3.38. The summed E-state index contributed by atoms with van der Waals surface area (Å²) in [4.78, 5) is 49.0. The van der Waals surface area contributed by atoms with Gasteiger partial charge < -0.3 is 45.7 Å². The van der Waals surface area contributed by atoms with Crippen molar-refractivity contribution in [1.29, 1.82) is 0 Å². The third-order valence-corrected chi connectivity index (χ3v) is 5.62. The molecule has 1 aromatic carbocycles. The molecule has 3 amide bonds. The Bertz CT molecular complexity index is 958. The predicted octanol–water partition coefficient (Wildman–Crippen LogP) is 0.430. The van der Waals surface area contributed by atoms with Gasteiger partial charge in [0.05, 0.1) is 38.1 Å². The van der Waals surface area contributed by atoms with Crippen LogP contribution in [0.4, 0.5) is 5.69 Å². The molecule has 3 atom stereocenters. The molecule has 0 fully saturated rings. The molecule has 226 valence electrons. The zero-order valence-electron chi connectivity index (χ0n) is 24.0. The molecule has 0 bridgehead atoms. The fourth-order valence-corrected chi connectivity index (χ4v) is 3.38. The summed E-state index contributed by atoms with van der Waals surface area (Å²) in [5.41, 5.74) is 0.827. The fraction of sp³-hybridized carbons (Fsp3) is 0.630. The van der Waals surface area contributed by atoms with Crippen LogP contribution in [-0.2, 0) is 35.3 Å². The van der Waals surface area contributed by atoms with Gasteiger partial charge in [0.1, 0.15) is 18.4 Å². The Morgan fingerprint density at radius 2 is 1.77 bits per heavy atom. The SMILES string of the molecule is CCC(=O)OCc1ccc(NC(=O)CNC(=O)C(NC(=O)CNC)C(C)C)c(OC(CC(O)CC)OCCO)c1. The lowest BCUT2D eigenvalue weighted by atomic mass is 10.0. The van der Waals surface area contributed by atoms with Crippen molar-refractivity contribution >= 4 is 29.4 Å². The van der Waals surface area contributed by atoms with E-state index in [4.69, 9.17) is 14.2 Å². The first-order valence-corrected chi connectivity index (χ1v) is 13.4. The van der Waals surface area contributed by atoms with Gasteiger partial charge in [0.25, 0.3) is 0 Å². The zero-order valence-corrected chi connectivity index (χ0v) is 24.0. The minimum atomic E-state index is -0.945. The number of hydrogen-bond donors (Lipinski definition) is 6. The molecule has 0 saturated heterocycles. The molecule has 13 heteroatoms. The van der Waals surface area contributed by atoms with Crippen LogP contribution in [0.3, 0.4) is 0 Å². The van der Waals surface area contributed by atoms with E-state index in [-0.39, 0.29) is 75.0 Å². The smallest absolute Gasteiger partial charge is 0.305 e. The third kappa shape index (κ3) is 13.2. The van der Waals surface area contributed by atoms with E-state index < -0.39 is 30.3 Å². The Morgan fingerprint density at radius 1 is 1.05 bits per heavy atom. The number of ether oxygens (including phenoxy) is 3. The van der Waals surface area contributed by atoms with E-state index in [1.165, 1.54) is 0 Å². The molecule has 0 saturated carbocycles. The second-order valence-corrected chi connectivity index (χ2v) is 9.37. The molecule has 40 heavy (non-hydrogen) atoms. The molecule has 0 aliphatic carbocycles. The minimum Gasteiger partial charge on any atom is -0.463 e. The monoisotopic (exact) mass is 568 g/mol. The summed E-state index contributed by atoms with van der Waals surface area (Å²) in [7, 11) is 1.61. The van der Waals surface area contributed by atoms with Crippen molar-refractivity contribution in [2.45, 2.75) is 72.0 Å². The molecule has 0 aromatic heterocycles. The van der Waals surface area contributed by atoms with Crippen LogP contribution in [0.15, 0.2) is 18.2 Å². The maximum Gasteiger partial charge on any atom is 0.305 e. The Hall–Kier alpha value is -3.26. The number of hydrogen-bond acceptors (Lipinski definition) is 10. The average Bonchev–Trinajstić information content (AvgIpc) is 2.92. The van der Waals surface area contributed by atoms with Gasteiger partial charge in [0.2, 0.25) is 24.0 Å². The number of aliphatic hydroxyl groups is 2. The van der Waals surface area contributed by atoms with Crippen LogP contribution in [-0.4, -0.2) is 85.7 Å². The van der Waals surface area contributed by atoms with E-state index in [0.29, 0.717) is 12.0 Å². The van der Waals surface area contributed by atoms with Gasteiger partial charge in [-0.25, -0.2) is 0 Å². The van der Waals surface area contributed by atoms with Gasteiger partial charge in [-0.15, -0.1) is 0 Å². The van der Waals surface area contributed by atoms with Crippen molar-refractivity contribution in [3.63, 3.8) is 0 Å². The Morgan fingerprint density at radius 3 is 2.38 bits per heavy atom. The molecule has 3 unspecified atom stereocenters. The van der Waals surface area contributed by atoms with Gasteiger partial charge >= 0.3 is 5.97 Å². The number of likely N-dealkylation sites (N-methyl/N-ethyl adjacent to an activating group) is 1. The lowest BCUT2D eigenvalue weighted by Crippen LogP contribution is -2.52. The molecular weight excluding hydrogens is 524 g/mol. The second kappa shape index (κ2) is 18.9. The maximum absolute atomic E-state index is 12.8. The van der Waals surface area contributed by atoms with Crippen LogP contribution in [0.5, 0.6) is 5.75 Å². The number of carbonyl (C=O) groups excluding carboxylic acids is 4. The zero-order chi connectivity index (χ0) is 30.1. The highest BCUT2D eigenvalue weighted by molar-refractivity contribution is 5.97. The average molecular weight is 569 g/mol. The standard InChI is InChI=1S/C27H44N4O9/c1-6-19(33)13-25(38-11-10-32)40-21-12-18(16-39-24(36)7-2)8-9-20(21)30-23(35)15-29-27(37)26(17(3)4)31-22(34)14-28-5/h8-9,12,17,19,25-26,28,32-33H,6-7,10-11,13-16H2,1-5H3,(H,29,37)(H,30,35)(H,31,34). The van der Waals surface area contributed by atoms with Crippen LogP contribution < -0.4 is 26.0 Å². The van der Waals surface area contributed by atoms with Crippen LogP contribution in [0.2, 0.25) is 0 Å². The summed E-state index contributed by atoms with van der Waals surface area (Å²) >= 11 is 0. The molecule has 0 radical (unpaired) electrons. The summed E-state index contributed by atoms with van der Waals surface area (Å²) in [6.07, 6.45) is -0.908. The number of rotatable bonds is 19. The number of esters is 1. The summed E-state index contributed by atoms with van der Waals surface area (Å²) < 4.78 is 16.7. The number of carbonyl (C=O) groups is 4. The van der Waals surface area contributed by atoms with Crippen LogP contribution >= 0.6 is 0 Å². The number of anilines is 1. The quantitative estimate of drug-likeness (QED) is 0.101. The van der Waals surface area contributed by atoms with Crippen molar-refractivity contribution in [2.75, 3.05) is 38.7 Å². The lowest BCUT2D eigenvalue weighted by molar-refractivity contribution is -0.144. The number of nitrogens with one attached hydrogen (secondary N) is 4. The first-order valence-electron chi connectivity index (χ1n) is 13.4. The molecule has 6 N–H and O–H groups in total. The van der Waals surface area contributed by atoms with Crippen LogP contribution in [0, 0.1) is 5.92 Å². The highest BCUT2D eigenvalue weighted by atomic mass is 16.7. The Labute approximate surface area is 235 Å². The first-order chi connectivity index (χ1) is 19.0. The van der Waals surface area contributed by atoms with E-state index in [2.05, 4.69) is 21.3 Å². The van der Waals surface area contributed by atoms with Gasteiger partial charge in [-0.05, 0) is 37.1 Å². The Balaban J connectivity index is 3.04. The predicted molar refractivity (Wildman–Crippen MR) is 147 cm³/mol. The topological polar surface area (TPSA) is 185 Å². The van der Waals surface area contributed by atoms with Gasteiger partial charge in [0, 0.05) is 12.8 Å². The highest BCUT2D eigenvalue weighted by Gasteiger charge is 2.25. The summed E-state index contributed by atoms with van der Waals surface area (Å²) in [5, 5.41) is 29.9. The maximum atomic E-state index is 12.8. The molecule has 0 spiro atoms.